The maximum atomic E-state index is 13.2. The summed E-state index contributed by atoms with van der Waals surface area (Å²) in [5, 5.41) is 5.61. The summed E-state index contributed by atoms with van der Waals surface area (Å²) >= 11 is 0. The van der Waals surface area contributed by atoms with Gasteiger partial charge < -0.3 is 15.4 Å². The molecule has 0 fully saturated rings. The second-order valence-corrected chi connectivity index (χ2v) is 8.14. The predicted molar refractivity (Wildman–Crippen MR) is 133 cm³/mol. The average Bonchev–Trinajstić information content (AvgIpc) is 2.81. The van der Waals surface area contributed by atoms with Crippen LogP contribution in [-0.2, 0) is 25.6 Å². The lowest BCUT2D eigenvalue weighted by Gasteiger charge is -2.17. The highest BCUT2D eigenvalue weighted by Gasteiger charge is 2.28. The molecular formula is C28H28N2O4. The Morgan fingerprint density at radius 1 is 0.706 bits per heavy atom. The molecule has 34 heavy (non-hydrogen) atoms. The van der Waals surface area contributed by atoms with Gasteiger partial charge in [-0.1, -0.05) is 60.7 Å². The maximum Gasteiger partial charge on any atom is 0.239 e. The van der Waals surface area contributed by atoms with Crippen LogP contribution in [0.5, 0.6) is 0 Å². The van der Waals surface area contributed by atoms with Crippen molar-refractivity contribution in [3.8, 4) is 0 Å². The third-order valence-electron chi connectivity index (χ3n) is 5.31. The van der Waals surface area contributed by atoms with Crippen molar-refractivity contribution >= 4 is 34.8 Å². The smallest absolute Gasteiger partial charge is 0.239 e. The van der Waals surface area contributed by atoms with Gasteiger partial charge in [0.15, 0.2) is 5.78 Å². The van der Waals surface area contributed by atoms with E-state index < -0.39 is 11.8 Å². The number of hydrogen-bond donors (Lipinski definition) is 2. The van der Waals surface area contributed by atoms with Crippen LogP contribution in [0.3, 0.4) is 0 Å². The molecule has 1 atom stereocenters. The number of amides is 2. The van der Waals surface area contributed by atoms with Crippen LogP contribution in [-0.4, -0.2) is 23.4 Å². The number of carbonyl (C=O) groups excluding carboxylic acids is 4. The van der Waals surface area contributed by atoms with E-state index in [2.05, 4.69) is 10.6 Å². The maximum absolute atomic E-state index is 13.2. The summed E-state index contributed by atoms with van der Waals surface area (Å²) in [5.74, 6) is -1.76. The van der Waals surface area contributed by atoms with Crippen LogP contribution in [0.15, 0.2) is 84.9 Å². The van der Waals surface area contributed by atoms with E-state index in [1.807, 2.05) is 48.5 Å². The molecule has 0 aromatic heterocycles. The van der Waals surface area contributed by atoms with Gasteiger partial charge in [-0.05, 0) is 48.7 Å². The van der Waals surface area contributed by atoms with Crippen molar-refractivity contribution in [1.29, 1.82) is 0 Å². The Morgan fingerprint density at radius 2 is 1.29 bits per heavy atom. The van der Waals surface area contributed by atoms with Gasteiger partial charge in [-0.2, -0.15) is 0 Å². The monoisotopic (exact) mass is 456 g/mol. The van der Waals surface area contributed by atoms with Gasteiger partial charge in [0.05, 0.1) is 0 Å². The molecule has 0 saturated heterocycles. The van der Waals surface area contributed by atoms with Crippen LogP contribution < -0.4 is 10.6 Å². The normalized spacial score (nSPS) is 11.3. The molecule has 2 N–H and O–H groups in total. The summed E-state index contributed by atoms with van der Waals surface area (Å²) in [6.07, 6.45) is 1.24. The van der Waals surface area contributed by atoms with Crippen molar-refractivity contribution in [2.45, 2.75) is 38.5 Å². The van der Waals surface area contributed by atoms with Gasteiger partial charge in [0, 0.05) is 30.6 Å². The molecule has 6 heteroatoms. The lowest BCUT2D eigenvalue weighted by Crippen LogP contribution is -2.29. The van der Waals surface area contributed by atoms with E-state index in [1.165, 1.54) is 6.92 Å². The zero-order valence-corrected chi connectivity index (χ0v) is 19.1. The highest BCUT2D eigenvalue weighted by molar-refractivity contribution is 6.12. The molecule has 0 bridgehead atoms. The number of Topliss-reactive ketones (excluding diaryl/α,β-unsaturated/α-hetero) is 2. The van der Waals surface area contributed by atoms with Crippen molar-refractivity contribution in [2.75, 3.05) is 10.6 Å². The second kappa shape index (κ2) is 12.3. The van der Waals surface area contributed by atoms with Crippen LogP contribution >= 0.6 is 0 Å². The van der Waals surface area contributed by atoms with E-state index in [0.29, 0.717) is 29.8 Å². The minimum atomic E-state index is -0.999. The van der Waals surface area contributed by atoms with E-state index >= 15 is 0 Å². The summed E-state index contributed by atoms with van der Waals surface area (Å²) in [6.45, 7) is 1.50. The van der Waals surface area contributed by atoms with Gasteiger partial charge in [0.25, 0.3) is 0 Å². The summed E-state index contributed by atoms with van der Waals surface area (Å²) in [4.78, 5) is 49.5. The Morgan fingerprint density at radius 3 is 1.91 bits per heavy atom. The molecule has 1 unspecified atom stereocenters. The summed E-state index contributed by atoms with van der Waals surface area (Å²) in [5.41, 5.74) is 2.55. The molecule has 3 aromatic carbocycles. The molecular weight excluding hydrogens is 428 g/mol. The number of benzene rings is 3. The fourth-order valence-corrected chi connectivity index (χ4v) is 3.60. The number of carbonyl (C=O) groups is 4. The fraction of sp³-hybridized carbons (Fsp3) is 0.214. The fourth-order valence-electron chi connectivity index (χ4n) is 3.60. The quantitative estimate of drug-likeness (QED) is 0.401. The molecule has 3 rings (SSSR count). The lowest BCUT2D eigenvalue weighted by molar-refractivity contribution is -0.127. The minimum Gasteiger partial charge on any atom is -0.326 e. The number of anilines is 2. The lowest BCUT2D eigenvalue weighted by atomic mass is 9.90. The van der Waals surface area contributed by atoms with Crippen LogP contribution in [0, 0.1) is 0 Å². The van der Waals surface area contributed by atoms with Gasteiger partial charge in [0.2, 0.25) is 11.8 Å². The van der Waals surface area contributed by atoms with Gasteiger partial charge in [-0.3, -0.25) is 14.4 Å². The van der Waals surface area contributed by atoms with Crippen molar-refractivity contribution in [2.24, 2.45) is 0 Å². The molecule has 0 spiro atoms. The minimum absolute atomic E-state index is 0.0529. The number of rotatable bonds is 11. The molecule has 0 aliphatic carbocycles. The summed E-state index contributed by atoms with van der Waals surface area (Å²) < 4.78 is 0. The van der Waals surface area contributed by atoms with Crippen LogP contribution in [0.4, 0.5) is 11.4 Å². The van der Waals surface area contributed by atoms with E-state index in [4.69, 9.17) is 0 Å². The number of hydrogen-bond acceptors (Lipinski definition) is 4. The first-order chi connectivity index (χ1) is 16.4. The third-order valence-corrected chi connectivity index (χ3v) is 5.31. The van der Waals surface area contributed by atoms with Gasteiger partial charge >= 0.3 is 0 Å². The molecule has 174 valence electrons. The first-order valence-electron chi connectivity index (χ1n) is 11.2. The predicted octanol–water partition coefficient (Wildman–Crippen LogP) is 4.92. The molecule has 0 heterocycles. The van der Waals surface area contributed by atoms with E-state index in [0.717, 1.165) is 5.56 Å². The molecule has 0 radical (unpaired) electrons. The topological polar surface area (TPSA) is 92.3 Å². The first-order valence-corrected chi connectivity index (χ1v) is 11.2. The van der Waals surface area contributed by atoms with Gasteiger partial charge in [0.1, 0.15) is 11.7 Å². The Kier molecular flexibility index (Phi) is 8.86. The van der Waals surface area contributed by atoms with E-state index in [9.17, 15) is 19.2 Å². The molecule has 2 amide bonds. The highest BCUT2D eigenvalue weighted by Crippen LogP contribution is 2.24. The molecule has 3 aromatic rings. The average molecular weight is 457 g/mol. The SMILES string of the molecule is CC(=O)CCCC(=O)Nc1ccc(C(C(=O)Cc2ccccc2)C(=O)Nc2ccccc2)cc1. The van der Waals surface area contributed by atoms with Gasteiger partial charge in [-0.15, -0.1) is 0 Å². The Labute approximate surface area is 199 Å². The summed E-state index contributed by atoms with van der Waals surface area (Å²) in [7, 11) is 0. The first kappa shape index (κ1) is 24.6. The van der Waals surface area contributed by atoms with Crippen LogP contribution in [0.2, 0.25) is 0 Å². The molecule has 6 nitrogen and oxygen atoms in total. The molecule has 0 aliphatic heterocycles. The summed E-state index contributed by atoms with van der Waals surface area (Å²) in [6, 6.07) is 25.0. The van der Waals surface area contributed by atoms with Gasteiger partial charge in [-0.25, -0.2) is 0 Å². The third kappa shape index (κ3) is 7.52. The largest absolute Gasteiger partial charge is 0.326 e. The standard InChI is InChI=1S/C28H28N2O4/c1-20(31)9-8-14-26(33)29-24-17-15-22(16-18-24)27(25(32)19-21-10-4-2-5-11-21)28(34)30-23-12-6-3-7-13-23/h2-7,10-13,15-18,27H,8-9,14,19H2,1H3,(H,29,33)(H,30,34). The number of nitrogens with one attached hydrogen (secondary N) is 2. The van der Waals surface area contributed by atoms with Crippen molar-refractivity contribution < 1.29 is 19.2 Å². The van der Waals surface area contributed by atoms with Crippen LogP contribution in [0.1, 0.15) is 43.2 Å². The van der Waals surface area contributed by atoms with Crippen LogP contribution in [0.25, 0.3) is 0 Å². The number of para-hydroxylation sites is 1. The highest BCUT2D eigenvalue weighted by atomic mass is 16.2. The Bertz CT molecular complexity index is 1070. The van der Waals surface area contributed by atoms with Crippen molar-refractivity contribution in [3.63, 3.8) is 0 Å². The molecule has 0 aliphatic rings. The van der Waals surface area contributed by atoms with Crippen molar-refractivity contribution in [3.05, 3.63) is 96.1 Å². The second-order valence-electron chi connectivity index (χ2n) is 8.14. The Hall–Kier alpha value is -4.06. The van der Waals surface area contributed by atoms with E-state index in [-0.39, 0.29) is 30.3 Å². The molecule has 0 saturated carbocycles. The zero-order valence-electron chi connectivity index (χ0n) is 19.1. The Balaban J connectivity index is 1.75. The van der Waals surface area contributed by atoms with Crippen molar-refractivity contribution in [1.82, 2.24) is 0 Å². The zero-order chi connectivity index (χ0) is 24.3. The number of ketones is 2. The van der Waals surface area contributed by atoms with E-state index in [1.54, 1.807) is 36.4 Å².